The van der Waals surface area contributed by atoms with Crippen molar-refractivity contribution >= 4 is 87.5 Å². The molecule has 12 aromatic rings. The van der Waals surface area contributed by atoms with Gasteiger partial charge in [0, 0.05) is 37.9 Å². The standard InChI is InChI=1S/C50H26F3N3O2/c51-50(52,53)29-11-9-10-28(26-29)30-20-23-40(55-38-16-5-1-12-31(38)33-21-24-43-45(48(33)55)35-14-3-7-18-41(35)57-43)37(27-54)47(30)56-39-17-6-2-13-32(39)34-22-25-44-46(49(34)56)36-15-4-8-19-42(36)58-44/h1-26H. The molecule has 0 saturated heterocycles. The number of hydrogen-bond acceptors (Lipinski definition) is 3. The summed E-state index contributed by atoms with van der Waals surface area (Å²) in [6.07, 6.45) is -4.58. The lowest BCUT2D eigenvalue weighted by Gasteiger charge is -2.21. The lowest BCUT2D eigenvalue weighted by Crippen LogP contribution is -2.08. The number of nitriles is 1. The van der Waals surface area contributed by atoms with Gasteiger partial charge in [-0.3, -0.25) is 0 Å². The van der Waals surface area contributed by atoms with E-state index in [9.17, 15) is 18.4 Å². The Morgan fingerprint density at radius 2 is 1.02 bits per heavy atom. The van der Waals surface area contributed by atoms with Crippen LogP contribution in [0.2, 0.25) is 0 Å². The SMILES string of the molecule is N#Cc1c(-n2c3ccccc3c3ccc4oc5ccccc5c4c32)ccc(-c2cccc(C(F)(F)F)c2)c1-n1c2ccccc2c2ccc3oc4ccccc4c3c21. The Labute approximate surface area is 326 Å². The maximum absolute atomic E-state index is 14.4. The summed E-state index contributed by atoms with van der Waals surface area (Å²) in [6, 6.07) is 51.4. The lowest BCUT2D eigenvalue weighted by atomic mass is 9.96. The van der Waals surface area contributed by atoms with Crippen LogP contribution in [0.15, 0.2) is 167 Å². The monoisotopic (exact) mass is 757 g/mol. The first-order valence-corrected chi connectivity index (χ1v) is 18.8. The summed E-state index contributed by atoms with van der Waals surface area (Å²) in [5.74, 6) is 0. The summed E-state index contributed by atoms with van der Waals surface area (Å²) in [7, 11) is 0. The van der Waals surface area contributed by atoms with Crippen LogP contribution in [0.5, 0.6) is 0 Å². The van der Waals surface area contributed by atoms with Gasteiger partial charge in [-0.05, 0) is 72.3 Å². The predicted octanol–water partition coefficient (Wildman–Crippen LogP) is 14.2. The third-order valence-electron chi connectivity index (χ3n) is 11.6. The molecule has 0 fully saturated rings. The molecule has 0 spiro atoms. The van der Waals surface area contributed by atoms with Crippen molar-refractivity contribution < 1.29 is 22.0 Å². The Hall–Kier alpha value is -7.76. The minimum Gasteiger partial charge on any atom is -0.456 e. The second kappa shape index (κ2) is 11.6. The molecule has 12 rings (SSSR count). The van der Waals surface area contributed by atoms with E-state index in [0.29, 0.717) is 39.3 Å². The molecule has 0 aliphatic rings. The summed E-state index contributed by atoms with van der Waals surface area (Å²) < 4.78 is 60.1. The molecule has 0 aliphatic carbocycles. The van der Waals surface area contributed by atoms with E-state index in [1.165, 1.54) is 6.07 Å². The average molecular weight is 758 g/mol. The topological polar surface area (TPSA) is 59.9 Å². The van der Waals surface area contributed by atoms with Crippen LogP contribution < -0.4 is 0 Å². The highest BCUT2D eigenvalue weighted by Crippen LogP contribution is 2.47. The Morgan fingerprint density at radius 1 is 0.483 bits per heavy atom. The number of furan rings is 2. The van der Waals surface area contributed by atoms with E-state index in [2.05, 4.69) is 27.3 Å². The fourth-order valence-corrected chi connectivity index (χ4v) is 9.22. The number of nitrogens with zero attached hydrogens (tertiary/aromatic N) is 3. The van der Waals surface area contributed by atoms with Gasteiger partial charge in [0.15, 0.2) is 0 Å². The van der Waals surface area contributed by atoms with Crippen LogP contribution in [0.25, 0.3) is 110 Å². The average Bonchev–Trinajstić information content (AvgIpc) is 4.00. The maximum atomic E-state index is 14.4. The van der Waals surface area contributed by atoms with Crippen molar-refractivity contribution in [1.82, 2.24) is 9.13 Å². The Bertz CT molecular complexity index is 3760. The van der Waals surface area contributed by atoms with E-state index in [0.717, 1.165) is 82.9 Å². The van der Waals surface area contributed by atoms with Gasteiger partial charge in [0.2, 0.25) is 0 Å². The van der Waals surface area contributed by atoms with Gasteiger partial charge in [-0.2, -0.15) is 18.4 Å². The Kier molecular flexibility index (Phi) is 6.52. The van der Waals surface area contributed by atoms with E-state index in [1.54, 1.807) is 6.07 Å². The van der Waals surface area contributed by atoms with E-state index in [1.807, 2.05) is 121 Å². The van der Waals surface area contributed by atoms with Crippen LogP contribution in [0.3, 0.4) is 0 Å². The van der Waals surface area contributed by atoms with Crippen molar-refractivity contribution in [3.05, 3.63) is 169 Å². The predicted molar refractivity (Wildman–Crippen MR) is 225 cm³/mol. The van der Waals surface area contributed by atoms with Crippen molar-refractivity contribution in [3.63, 3.8) is 0 Å². The normalized spacial score (nSPS) is 12.4. The molecular formula is C50H26F3N3O2. The number of hydrogen-bond donors (Lipinski definition) is 0. The molecule has 0 amide bonds. The molecular weight excluding hydrogens is 732 g/mol. The molecule has 8 aromatic carbocycles. The van der Waals surface area contributed by atoms with Gasteiger partial charge < -0.3 is 18.0 Å². The van der Waals surface area contributed by atoms with Crippen LogP contribution in [0, 0.1) is 11.3 Å². The van der Waals surface area contributed by atoms with Crippen molar-refractivity contribution in [2.24, 2.45) is 0 Å². The van der Waals surface area contributed by atoms with Crippen LogP contribution >= 0.6 is 0 Å². The Balaban J connectivity index is 1.31. The highest BCUT2D eigenvalue weighted by molar-refractivity contribution is 6.26. The molecule has 274 valence electrons. The molecule has 4 aromatic heterocycles. The van der Waals surface area contributed by atoms with Gasteiger partial charge >= 0.3 is 6.18 Å². The molecule has 58 heavy (non-hydrogen) atoms. The molecule has 8 heteroatoms. The fourth-order valence-electron chi connectivity index (χ4n) is 9.22. The van der Waals surface area contributed by atoms with Crippen LogP contribution in [-0.4, -0.2) is 9.13 Å². The lowest BCUT2D eigenvalue weighted by molar-refractivity contribution is -0.137. The first-order valence-electron chi connectivity index (χ1n) is 18.8. The fraction of sp³-hybridized carbons (Fsp3) is 0.0200. The van der Waals surface area contributed by atoms with Gasteiger partial charge in [-0.25, -0.2) is 0 Å². The summed E-state index contributed by atoms with van der Waals surface area (Å²) in [6.45, 7) is 0. The number of halogens is 3. The van der Waals surface area contributed by atoms with Gasteiger partial charge in [0.25, 0.3) is 0 Å². The largest absolute Gasteiger partial charge is 0.456 e. The third kappa shape index (κ3) is 4.35. The maximum Gasteiger partial charge on any atom is 0.416 e. The molecule has 0 unspecified atom stereocenters. The third-order valence-corrected chi connectivity index (χ3v) is 11.6. The van der Waals surface area contributed by atoms with Gasteiger partial charge in [-0.1, -0.05) is 91.0 Å². The van der Waals surface area contributed by atoms with Gasteiger partial charge in [0.1, 0.15) is 34.0 Å². The van der Waals surface area contributed by atoms with Crippen LogP contribution in [-0.2, 0) is 6.18 Å². The molecule has 4 heterocycles. The van der Waals surface area contributed by atoms with Crippen molar-refractivity contribution in [2.75, 3.05) is 0 Å². The van der Waals surface area contributed by atoms with Crippen molar-refractivity contribution in [2.45, 2.75) is 6.18 Å². The molecule has 0 radical (unpaired) electrons. The van der Waals surface area contributed by atoms with Crippen molar-refractivity contribution in [1.29, 1.82) is 5.26 Å². The molecule has 0 N–H and O–H groups in total. The molecule has 5 nitrogen and oxygen atoms in total. The van der Waals surface area contributed by atoms with E-state index < -0.39 is 11.7 Å². The quantitative estimate of drug-likeness (QED) is 0.180. The van der Waals surface area contributed by atoms with Gasteiger partial charge in [0.05, 0.1) is 49.8 Å². The molecule has 0 bridgehead atoms. The number of alkyl halides is 3. The summed E-state index contributed by atoms with van der Waals surface area (Å²) in [5, 5.41) is 19.0. The minimum atomic E-state index is -4.58. The number of rotatable bonds is 3. The van der Waals surface area contributed by atoms with Crippen LogP contribution in [0.1, 0.15) is 11.1 Å². The Morgan fingerprint density at radius 3 is 1.60 bits per heavy atom. The van der Waals surface area contributed by atoms with Crippen LogP contribution in [0.4, 0.5) is 13.2 Å². The second-order valence-electron chi connectivity index (χ2n) is 14.6. The molecule has 0 atom stereocenters. The highest BCUT2D eigenvalue weighted by Gasteiger charge is 2.32. The zero-order valence-electron chi connectivity index (χ0n) is 30.3. The van der Waals surface area contributed by atoms with Gasteiger partial charge in [-0.15, -0.1) is 0 Å². The van der Waals surface area contributed by atoms with Crippen molar-refractivity contribution in [3.8, 4) is 28.6 Å². The first-order chi connectivity index (χ1) is 28.4. The summed E-state index contributed by atoms with van der Waals surface area (Å²) in [4.78, 5) is 0. The van der Waals surface area contributed by atoms with E-state index in [4.69, 9.17) is 8.83 Å². The van der Waals surface area contributed by atoms with E-state index in [-0.39, 0.29) is 5.56 Å². The minimum absolute atomic E-state index is 0.287. The zero-order chi connectivity index (χ0) is 38.9. The summed E-state index contributed by atoms with van der Waals surface area (Å²) in [5.41, 5.74) is 7.46. The first kappa shape index (κ1) is 32.5. The number of fused-ring (bicyclic) bond motifs is 14. The smallest absolute Gasteiger partial charge is 0.416 e. The zero-order valence-corrected chi connectivity index (χ0v) is 30.3. The number of para-hydroxylation sites is 4. The molecule has 0 aliphatic heterocycles. The number of aromatic nitrogens is 2. The summed E-state index contributed by atoms with van der Waals surface area (Å²) >= 11 is 0. The number of benzene rings is 8. The van der Waals surface area contributed by atoms with E-state index >= 15 is 0 Å². The second-order valence-corrected chi connectivity index (χ2v) is 14.6. The highest BCUT2D eigenvalue weighted by atomic mass is 19.4. The molecule has 0 saturated carbocycles.